The van der Waals surface area contributed by atoms with E-state index in [4.69, 9.17) is 9.90 Å². The number of likely N-dealkylation sites (N-methyl/N-ethyl adjacent to an activating group) is 1. The number of benzene rings is 1. The Balaban J connectivity index is 0.000000370. The third kappa shape index (κ3) is 5.93. The van der Waals surface area contributed by atoms with Gasteiger partial charge in [-0.1, -0.05) is 30.3 Å². The number of rotatable bonds is 4. The minimum atomic E-state index is -5.08. The standard InChI is InChI=1S/C17H23N3O2.C2HF3O2/c1-18-15(21)12-20-10-8-17(20)7-9-19(13-17)16(22)11-14-5-3-2-4-6-14;3-2(4,5)1(6)7/h2-6H,7-13H2,1H3,(H,18,21);(H,6,7). The van der Waals surface area contributed by atoms with E-state index in [1.807, 2.05) is 35.2 Å². The molecule has 2 heterocycles. The summed E-state index contributed by atoms with van der Waals surface area (Å²) in [6.45, 7) is 2.96. The van der Waals surface area contributed by atoms with Crippen molar-refractivity contribution in [1.82, 2.24) is 15.1 Å². The summed E-state index contributed by atoms with van der Waals surface area (Å²) in [5, 5.41) is 9.80. The quantitative estimate of drug-likeness (QED) is 0.774. The van der Waals surface area contributed by atoms with Crippen molar-refractivity contribution in [2.75, 3.05) is 33.2 Å². The Morgan fingerprint density at radius 1 is 1.14 bits per heavy atom. The predicted molar refractivity (Wildman–Crippen MR) is 98.0 cm³/mol. The fraction of sp³-hybridized carbons (Fsp3) is 0.526. The van der Waals surface area contributed by atoms with Crippen LogP contribution in [0.4, 0.5) is 13.2 Å². The second-order valence-electron chi connectivity index (χ2n) is 7.10. The van der Waals surface area contributed by atoms with Crippen LogP contribution < -0.4 is 5.32 Å². The van der Waals surface area contributed by atoms with Crippen molar-refractivity contribution in [3.8, 4) is 0 Å². The van der Waals surface area contributed by atoms with E-state index in [9.17, 15) is 22.8 Å². The molecule has 2 aliphatic rings. The lowest BCUT2D eigenvalue weighted by molar-refractivity contribution is -0.192. The maximum atomic E-state index is 12.5. The minimum absolute atomic E-state index is 0.0405. The van der Waals surface area contributed by atoms with Gasteiger partial charge in [-0.15, -0.1) is 0 Å². The summed E-state index contributed by atoms with van der Waals surface area (Å²) in [6, 6.07) is 9.87. The molecule has 160 valence electrons. The van der Waals surface area contributed by atoms with Gasteiger partial charge >= 0.3 is 12.1 Å². The van der Waals surface area contributed by atoms with Gasteiger partial charge in [0.15, 0.2) is 0 Å². The minimum Gasteiger partial charge on any atom is -0.475 e. The smallest absolute Gasteiger partial charge is 0.475 e. The molecule has 1 aromatic carbocycles. The first-order chi connectivity index (χ1) is 13.6. The third-order valence-electron chi connectivity index (χ3n) is 5.26. The van der Waals surface area contributed by atoms with Crippen molar-refractivity contribution >= 4 is 17.8 Å². The molecule has 10 heteroatoms. The van der Waals surface area contributed by atoms with Gasteiger partial charge in [0.05, 0.1) is 13.0 Å². The predicted octanol–water partition coefficient (Wildman–Crippen LogP) is 1.29. The van der Waals surface area contributed by atoms with E-state index in [-0.39, 0.29) is 17.4 Å². The van der Waals surface area contributed by atoms with Crippen LogP contribution in [-0.2, 0) is 20.8 Å². The molecule has 7 nitrogen and oxygen atoms in total. The zero-order valence-electron chi connectivity index (χ0n) is 16.0. The maximum Gasteiger partial charge on any atom is 0.490 e. The van der Waals surface area contributed by atoms with Gasteiger partial charge in [-0.2, -0.15) is 13.2 Å². The van der Waals surface area contributed by atoms with E-state index >= 15 is 0 Å². The Labute approximate surface area is 166 Å². The Kier molecular flexibility index (Phi) is 7.23. The Morgan fingerprint density at radius 2 is 1.72 bits per heavy atom. The summed E-state index contributed by atoms with van der Waals surface area (Å²) < 4.78 is 31.7. The molecule has 2 amide bonds. The Morgan fingerprint density at radius 3 is 2.21 bits per heavy atom. The van der Waals surface area contributed by atoms with E-state index in [1.165, 1.54) is 0 Å². The highest BCUT2D eigenvalue weighted by atomic mass is 19.4. The molecule has 29 heavy (non-hydrogen) atoms. The Bertz CT molecular complexity index is 742. The largest absolute Gasteiger partial charge is 0.490 e. The highest BCUT2D eigenvalue weighted by Crippen LogP contribution is 2.38. The van der Waals surface area contributed by atoms with Crippen molar-refractivity contribution in [2.45, 2.75) is 31.0 Å². The average Bonchev–Trinajstić information content (AvgIpc) is 3.14. The molecule has 0 aromatic heterocycles. The topological polar surface area (TPSA) is 90.0 Å². The third-order valence-corrected chi connectivity index (χ3v) is 5.26. The fourth-order valence-electron chi connectivity index (χ4n) is 3.50. The zero-order valence-corrected chi connectivity index (χ0v) is 16.0. The normalized spacial score (nSPS) is 21.2. The number of alkyl halides is 3. The fourth-order valence-corrected chi connectivity index (χ4v) is 3.50. The van der Waals surface area contributed by atoms with Crippen LogP contribution in [-0.4, -0.2) is 77.6 Å². The highest BCUT2D eigenvalue weighted by molar-refractivity contribution is 5.80. The number of nitrogens with zero attached hydrogens (tertiary/aromatic N) is 2. The molecule has 0 bridgehead atoms. The lowest BCUT2D eigenvalue weighted by atomic mass is 9.83. The van der Waals surface area contributed by atoms with Gasteiger partial charge in [0.2, 0.25) is 11.8 Å². The van der Waals surface area contributed by atoms with Crippen LogP contribution in [0, 0.1) is 0 Å². The molecule has 3 rings (SSSR count). The molecule has 1 aromatic rings. The number of amides is 2. The summed E-state index contributed by atoms with van der Waals surface area (Å²) in [4.78, 5) is 37.1. The molecule has 0 saturated carbocycles. The number of carbonyl (C=O) groups excluding carboxylic acids is 2. The molecule has 1 spiro atoms. The average molecular weight is 415 g/mol. The van der Waals surface area contributed by atoms with E-state index in [2.05, 4.69) is 10.2 Å². The lowest BCUT2D eigenvalue weighted by Gasteiger charge is -2.50. The number of hydrogen-bond acceptors (Lipinski definition) is 4. The molecule has 0 aliphatic carbocycles. The number of likely N-dealkylation sites (tertiary alicyclic amines) is 2. The van der Waals surface area contributed by atoms with Gasteiger partial charge in [0.1, 0.15) is 0 Å². The van der Waals surface area contributed by atoms with Crippen LogP contribution in [0.25, 0.3) is 0 Å². The molecule has 2 aliphatic heterocycles. The van der Waals surface area contributed by atoms with E-state index in [0.29, 0.717) is 13.0 Å². The van der Waals surface area contributed by atoms with E-state index < -0.39 is 12.1 Å². The first-order valence-corrected chi connectivity index (χ1v) is 9.15. The summed E-state index contributed by atoms with van der Waals surface area (Å²) in [5.74, 6) is -2.52. The zero-order chi connectivity index (χ0) is 21.7. The SMILES string of the molecule is CNC(=O)CN1CCC12CCN(C(=O)Cc1ccccc1)C2.O=C(O)C(F)(F)F. The summed E-state index contributed by atoms with van der Waals surface area (Å²) in [6.07, 6.45) is -2.56. The van der Waals surface area contributed by atoms with Crippen LogP contribution >= 0.6 is 0 Å². The van der Waals surface area contributed by atoms with Gasteiger partial charge in [-0.3, -0.25) is 14.5 Å². The van der Waals surface area contributed by atoms with Crippen molar-refractivity contribution in [2.24, 2.45) is 0 Å². The van der Waals surface area contributed by atoms with Gasteiger partial charge in [-0.25, -0.2) is 4.79 Å². The number of carbonyl (C=O) groups is 3. The number of hydrogen-bond donors (Lipinski definition) is 2. The van der Waals surface area contributed by atoms with Gasteiger partial charge in [0.25, 0.3) is 0 Å². The van der Waals surface area contributed by atoms with E-state index in [0.717, 1.165) is 38.0 Å². The number of carboxylic acids is 1. The number of carboxylic acid groups (broad SMARTS) is 1. The molecule has 2 N–H and O–H groups in total. The summed E-state index contributed by atoms with van der Waals surface area (Å²) in [5.41, 5.74) is 1.10. The number of halogens is 3. The molecule has 0 radical (unpaired) electrons. The molecule has 1 atom stereocenters. The van der Waals surface area contributed by atoms with Crippen molar-refractivity contribution in [1.29, 1.82) is 0 Å². The van der Waals surface area contributed by atoms with Crippen molar-refractivity contribution < 1.29 is 32.7 Å². The van der Waals surface area contributed by atoms with Crippen LogP contribution in [0.3, 0.4) is 0 Å². The van der Waals surface area contributed by atoms with Crippen LogP contribution in [0.2, 0.25) is 0 Å². The summed E-state index contributed by atoms with van der Waals surface area (Å²) >= 11 is 0. The maximum absolute atomic E-state index is 12.5. The molecule has 2 fully saturated rings. The summed E-state index contributed by atoms with van der Waals surface area (Å²) in [7, 11) is 1.67. The number of aliphatic carboxylic acids is 1. The van der Waals surface area contributed by atoms with Crippen LogP contribution in [0.15, 0.2) is 30.3 Å². The lowest BCUT2D eigenvalue weighted by Crippen LogP contribution is -2.63. The van der Waals surface area contributed by atoms with Gasteiger partial charge < -0.3 is 15.3 Å². The second kappa shape index (κ2) is 9.25. The van der Waals surface area contributed by atoms with E-state index in [1.54, 1.807) is 7.05 Å². The van der Waals surface area contributed by atoms with Gasteiger partial charge in [0, 0.05) is 32.2 Å². The first-order valence-electron chi connectivity index (χ1n) is 9.15. The van der Waals surface area contributed by atoms with Crippen LogP contribution in [0.5, 0.6) is 0 Å². The van der Waals surface area contributed by atoms with Gasteiger partial charge in [-0.05, 0) is 18.4 Å². The second-order valence-corrected chi connectivity index (χ2v) is 7.10. The number of nitrogens with one attached hydrogen (secondary N) is 1. The van der Waals surface area contributed by atoms with Crippen LogP contribution in [0.1, 0.15) is 18.4 Å². The monoisotopic (exact) mass is 415 g/mol. The highest BCUT2D eigenvalue weighted by Gasteiger charge is 2.50. The molecule has 2 saturated heterocycles. The molecular formula is C19H24F3N3O4. The van der Waals surface area contributed by atoms with Crippen molar-refractivity contribution in [3.63, 3.8) is 0 Å². The first kappa shape index (κ1) is 22.7. The Hall–Kier alpha value is -2.62. The van der Waals surface area contributed by atoms with Crippen molar-refractivity contribution in [3.05, 3.63) is 35.9 Å². The molecular weight excluding hydrogens is 391 g/mol. The molecule has 1 unspecified atom stereocenters.